The Bertz CT molecular complexity index is 533. The van der Waals surface area contributed by atoms with Crippen LogP contribution in [0.5, 0.6) is 0 Å². The van der Waals surface area contributed by atoms with Gasteiger partial charge in [-0.15, -0.1) is 0 Å². The summed E-state index contributed by atoms with van der Waals surface area (Å²) in [5.74, 6) is 0.156. The summed E-state index contributed by atoms with van der Waals surface area (Å²) in [4.78, 5) is 0. The molecule has 1 aromatic heterocycles. The minimum atomic E-state index is -4.37. The summed E-state index contributed by atoms with van der Waals surface area (Å²) in [6.45, 7) is 0. The van der Waals surface area contributed by atoms with Gasteiger partial charge in [0.1, 0.15) is 5.69 Å². The van der Waals surface area contributed by atoms with Gasteiger partial charge in [0, 0.05) is 5.56 Å². The molecular weight excluding hydrogens is 257 g/mol. The minimum Gasteiger partial charge on any atom is -0.393 e. The lowest BCUT2D eigenvalue weighted by Gasteiger charge is -2.06. The number of hydrogen-bond acceptors (Lipinski definition) is 3. The van der Waals surface area contributed by atoms with Crippen LogP contribution in [0.1, 0.15) is 5.56 Å². The number of nitrogen functional groups attached to an aromatic ring is 1. The SMILES string of the molecule is Nc1c(Cl)noc1-c1ccc(C(F)(F)F)cc1. The van der Waals surface area contributed by atoms with E-state index in [4.69, 9.17) is 21.9 Å². The first-order valence-corrected chi connectivity index (χ1v) is 4.85. The molecule has 0 aliphatic rings. The molecule has 2 N–H and O–H groups in total. The second-order valence-corrected chi connectivity index (χ2v) is 3.65. The van der Waals surface area contributed by atoms with Crippen molar-refractivity contribution in [2.75, 3.05) is 5.73 Å². The van der Waals surface area contributed by atoms with Crippen LogP contribution in [0.3, 0.4) is 0 Å². The molecule has 0 radical (unpaired) electrons. The highest BCUT2D eigenvalue weighted by molar-refractivity contribution is 6.32. The monoisotopic (exact) mass is 262 g/mol. The average Bonchev–Trinajstić information content (AvgIpc) is 2.59. The predicted octanol–water partition coefficient (Wildman–Crippen LogP) is 3.60. The van der Waals surface area contributed by atoms with Gasteiger partial charge in [-0.1, -0.05) is 28.9 Å². The van der Waals surface area contributed by atoms with E-state index in [9.17, 15) is 13.2 Å². The van der Waals surface area contributed by atoms with Gasteiger partial charge in [0.25, 0.3) is 0 Å². The van der Waals surface area contributed by atoms with E-state index < -0.39 is 11.7 Å². The zero-order valence-electron chi connectivity index (χ0n) is 8.25. The third kappa shape index (κ3) is 2.21. The summed E-state index contributed by atoms with van der Waals surface area (Å²) in [5, 5.41) is 3.39. The fourth-order valence-corrected chi connectivity index (χ4v) is 1.42. The number of rotatable bonds is 1. The van der Waals surface area contributed by atoms with Crippen molar-refractivity contribution in [3.8, 4) is 11.3 Å². The van der Waals surface area contributed by atoms with Crippen molar-refractivity contribution >= 4 is 17.3 Å². The van der Waals surface area contributed by atoms with Crippen molar-refractivity contribution in [3.05, 3.63) is 35.0 Å². The van der Waals surface area contributed by atoms with E-state index in [2.05, 4.69) is 5.16 Å². The molecule has 1 aromatic carbocycles. The molecule has 90 valence electrons. The lowest BCUT2D eigenvalue weighted by Crippen LogP contribution is -2.04. The summed E-state index contributed by atoms with van der Waals surface area (Å²) < 4.78 is 41.8. The van der Waals surface area contributed by atoms with Crippen molar-refractivity contribution in [1.29, 1.82) is 0 Å². The first-order chi connectivity index (χ1) is 7.89. The Balaban J connectivity index is 2.40. The minimum absolute atomic E-state index is 0.0140. The lowest BCUT2D eigenvalue weighted by atomic mass is 10.1. The van der Waals surface area contributed by atoms with Crippen LogP contribution in [0.4, 0.5) is 18.9 Å². The quantitative estimate of drug-likeness (QED) is 0.854. The van der Waals surface area contributed by atoms with Crippen LogP contribution < -0.4 is 5.73 Å². The molecule has 2 aromatic rings. The molecule has 0 bridgehead atoms. The highest BCUT2D eigenvalue weighted by Gasteiger charge is 2.30. The van der Waals surface area contributed by atoms with Gasteiger partial charge in [-0.2, -0.15) is 13.2 Å². The van der Waals surface area contributed by atoms with E-state index in [1.165, 1.54) is 12.1 Å². The first kappa shape index (κ1) is 11.8. The maximum absolute atomic E-state index is 12.3. The maximum atomic E-state index is 12.3. The molecule has 7 heteroatoms. The first-order valence-electron chi connectivity index (χ1n) is 4.48. The van der Waals surface area contributed by atoms with Crippen molar-refractivity contribution in [2.24, 2.45) is 0 Å². The molecule has 0 saturated carbocycles. The molecule has 0 amide bonds. The largest absolute Gasteiger partial charge is 0.416 e. The van der Waals surface area contributed by atoms with Gasteiger partial charge in [0.2, 0.25) is 0 Å². The van der Waals surface area contributed by atoms with Gasteiger partial charge < -0.3 is 10.3 Å². The molecule has 17 heavy (non-hydrogen) atoms. The molecule has 0 saturated heterocycles. The summed E-state index contributed by atoms with van der Waals surface area (Å²) in [5.41, 5.74) is 5.29. The van der Waals surface area contributed by atoms with Crippen LogP contribution in [-0.4, -0.2) is 5.16 Å². The van der Waals surface area contributed by atoms with Crippen LogP contribution in [0.2, 0.25) is 5.15 Å². The Morgan fingerprint density at radius 2 is 1.76 bits per heavy atom. The number of anilines is 1. The lowest BCUT2D eigenvalue weighted by molar-refractivity contribution is -0.137. The molecule has 0 spiro atoms. The van der Waals surface area contributed by atoms with Crippen molar-refractivity contribution in [3.63, 3.8) is 0 Å². The third-order valence-electron chi connectivity index (χ3n) is 2.16. The normalized spacial score (nSPS) is 11.8. The van der Waals surface area contributed by atoms with Crippen LogP contribution >= 0.6 is 11.6 Å². The van der Waals surface area contributed by atoms with Gasteiger partial charge in [-0.05, 0) is 12.1 Å². The van der Waals surface area contributed by atoms with Gasteiger partial charge in [-0.25, -0.2) is 0 Å². The molecule has 1 heterocycles. The standard InChI is InChI=1S/C10H6ClF3N2O/c11-9-7(15)8(17-16-9)5-1-3-6(4-2-5)10(12,13)14/h1-4H,15H2. The Hall–Kier alpha value is -1.69. The van der Waals surface area contributed by atoms with Crippen LogP contribution in [0.25, 0.3) is 11.3 Å². The van der Waals surface area contributed by atoms with Crippen molar-refractivity contribution in [2.45, 2.75) is 6.18 Å². The average molecular weight is 263 g/mol. The molecule has 0 unspecified atom stereocenters. The van der Waals surface area contributed by atoms with Gasteiger partial charge >= 0.3 is 6.18 Å². The second kappa shape index (κ2) is 3.96. The number of hydrogen-bond donors (Lipinski definition) is 1. The Labute approximate surface area is 99.0 Å². The van der Waals surface area contributed by atoms with E-state index >= 15 is 0 Å². The molecule has 2 rings (SSSR count). The summed E-state index contributed by atoms with van der Waals surface area (Å²) in [6, 6.07) is 4.36. The highest BCUT2D eigenvalue weighted by Crippen LogP contribution is 2.34. The molecular formula is C10H6ClF3N2O. The number of alkyl halides is 3. The topological polar surface area (TPSA) is 52.0 Å². The molecule has 0 aliphatic heterocycles. The maximum Gasteiger partial charge on any atom is 0.416 e. The molecule has 0 aliphatic carbocycles. The van der Waals surface area contributed by atoms with Crippen LogP contribution in [0.15, 0.2) is 28.8 Å². The number of nitrogens with two attached hydrogens (primary N) is 1. The van der Waals surface area contributed by atoms with Crippen LogP contribution in [0, 0.1) is 0 Å². The van der Waals surface area contributed by atoms with E-state index in [-0.39, 0.29) is 16.6 Å². The van der Waals surface area contributed by atoms with Gasteiger partial charge in [0.15, 0.2) is 10.9 Å². The molecule has 3 nitrogen and oxygen atoms in total. The zero-order chi connectivity index (χ0) is 12.6. The number of aromatic nitrogens is 1. The smallest absolute Gasteiger partial charge is 0.393 e. The van der Waals surface area contributed by atoms with E-state index in [1.807, 2.05) is 0 Å². The highest BCUT2D eigenvalue weighted by atomic mass is 35.5. The Morgan fingerprint density at radius 3 is 2.18 bits per heavy atom. The summed E-state index contributed by atoms with van der Waals surface area (Å²) in [7, 11) is 0. The van der Waals surface area contributed by atoms with Gasteiger partial charge in [0.05, 0.1) is 5.56 Å². The van der Waals surface area contributed by atoms with Gasteiger partial charge in [-0.3, -0.25) is 0 Å². The van der Waals surface area contributed by atoms with E-state index in [0.29, 0.717) is 5.56 Å². The van der Waals surface area contributed by atoms with Crippen molar-refractivity contribution in [1.82, 2.24) is 5.16 Å². The fraction of sp³-hybridized carbons (Fsp3) is 0.100. The van der Waals surface area contributed by atoms with E-state index in [0.717, 1.165) is 12.1 Å². The van der Waals surface area contributed by atoms with E-state index in [1.54, 1.807) is 0 Å². The second-order valence-electron chi connectivity index (χ2n) is 3.29. The number of benzene rings is 1. The predicted molar refractivity (Wildman–Crippen MR) is 56.4 cm³/mol. The van der Waals surface area contributed by atoms with Crippen molar-refractivity contribution < 1.29 is 17.7 Å². The Kier molecular flexibility index (Phi) is 2.74. The number of nitrogens with zero attached hydrogens (tertiary/aromatic N) is 1. The summed E-state index contributed by atoms with van der Waals surface area (Å²) >= 11 is 5.57. The zero-order valence-corrected chi connectivity index (χ0v) is 9.01. The Morgan fingerprint density at radius 1 is 1.18 bits per heavy atom. The third-order valence-corrected chi connectivity index (χ3v) is 2.43. The summed E-state index contributed by atoms with van der Waals surface area (Å²) in [6.07, 6.45) is -4.37. The fourth-order valence-electron chi connectivity index (χ4n) is 1.30. The molecule has 0 atom stereocenters. The number of halogens is 4. The molecule has 0 fully saturated rings. The van der Waals surface area contributed by atoms with Crippen LogP contribution in [-0.2, 0) is 6.18 Å².